The van der Waals surface area contributed by atoms with Crippen molar-refractivity contribution in [3.63, 3.8) is 0 Å². The first-order valence-electron chi connectivity index (χ1n) is 4.92. The topological polar surface area (TPSA) is 20.3 Å². The molecule has 0 radical (unpaired) electrons. The van der Waals surface area contributed by atoms with Crippen LogP contribution < -0.4 is 4.90 Å². The van der Waals surface area contributed by atoms with Crippen LogP contribution >= 0.6 is 12.6 Å². The summed E-state index contributed by atoms with van der Waals surface area (Å²) in [4.78, 5) is 14.4. The second kappa shape index (κ2) is 4.11. The van der Waals surface area contributed by atoms with Crippen molar-refractivity contribution in [3.05, 3.63) is 36.9 Å². The fraction of sp³-hybridized carbons (Fsp3) is 0.250. The van der Waals surface area contributed by atoms with Crippen LogP contribution in [0.25, 0.3) is 0 Å². The number of nitrogens with zero attached hydrogens (tertiary/aromatic N) is 1. The van der Waals surface area contributed by atoms with Gasteiger partial charge >= 0.3 is 0 Å². The number of hydrogen-bond acceptors (Lipinski definition) is 2. The maximum absolute atomic E-state index is 11.7. The van der Waals surface area contributed by atoms with Crippen molar-refractivity contribution >= 4 is 24.2 Å². The molecule has 1 aliphatic rings. The molecule has 1 aromatic carbocycles. The van der Waals surface area contributed by atoms with Gasteiger partial charge in [-0.1, -0.05) is 6.08 Å². The van der Waals surface area contributed by atoms with E-state index in [-0.39, 0.29) is 11.8 Å². The van der Waals surface area contributed by atoms with Crippen molar-refractivity contribution in [2.75, 3.05) is 11.4 Å². The van der Waals surface area contributed by atoms with Gasteiger partial charge in [-0.05, 0) is 24.3 Å². The zero-order valence-electron chi connectivity index (χ0n) is 8.39. The standard InChI is InChI=1S/C12H13NOS/c1-2-9-7-12(14)13(8-9)10-3-5-11(15)6-4-10/h2-6,9,15H,1,7-8H2. The van der Waals surface area contributed by atoms with Gasteiger partial charge < -0.3 is 4.90 Å². The monoisotopic (exact) mass is 219 g/mol. The van der Waals surface area contributed by atoms with Crippen LogP contribution in [-0.4, -0.2) is 12.5 Å². The molecule has 1 heterocycles. The van der Waals surface area contributed by atoms with E-state index in [0.29, 0.717) is 6.42 Å². The van der Waals surface area contributed by atoms with Crippen LogP contribution in [0.5, 0.6) is 0 Å². The Bertz CT molecular complexity index is 385. The van der Waals surface area contributed by atoms with Crippen LogP contribution in [0.3, 0.4) is 0 Å². The molecule has 2 nitrogen and oxygen atoms in total. The highest BCUT2D eigenvalue weighted by Gasteiger charge is 2.28. The molecule has 1 aliphatic heterocycles. The minimum Gasteiger partial charge on any atom is -0.312 e. The summed E-state index contributed by atoms with van der Waals surface area (Å²) in [5, 5.41) is 0. The molecule has 0 spiro atoms. The number of carbonyl (C=O) groups excluding carboxylic acids is 1. The number of benzene rings is 1. The van der Waals surface area contributed by atoms with E-state index in [9.17, 15) is 4.79 Å². The number of anilines is 1. The van der Waals surface area contributed by atoms with Crippen molar-refractivity contribution < 1.29 is 4.79 Å². The Morgan fingerprint density at radius 3 is 2.60 bits per heavy atom. The highest BCUT2D eigenvalue weighted by molar-refractivity contribution is 7.80. The van der Waals surface area contributed by atoms with Crippen LogP contribution in [0.1, 0.15) is 6.42 Å². The van der Waals surface area contributed by atoms with Crippen molar-refractivity contribution in [2.45, 2.75) is 11.3 Å². The van der Waals surface area contributed by atoms with Crippen LogP contribution in [0.15, 0.2) is 41.8 Å². The van der Waals surface area contributed by atoms with E-state index < -0.39 is 0 Å². The Labute approximate surface area is 95.0 Å². The van der Waals surface area contributed by atoms with Gasteiger partial charge in [-0.3, -0.25) is 4.79 Å². The normalized spacial score (nSPS) is 20.7. The molecule has 0 saturated carbocycles. The van der Waals surface area contributed by atoms with E-state index in [0.717, 1.165) is 17.1 Å². The van der Waals surface area contributed by atoms with Crippen LogP contribution in [-0.2, 0) is 4.79 Å². The highest BCUT2D eigenvalue weighted by atomic mass is 32.1. The Morgan fingerprint density at radius 2 is 2.07 bits per heavy atom. The molecule has 1 atom stereocenters. The quantitative estimate of drug-likeness (QED) is 0.598. The van der Waals surface area contributed by atoms with E-state index in [2.05, 4.69) is 19.2 Å². The van der Waals surface area contributed by atoms with Gasteiger partial charge in [0, 0.05) is 29.5 Å². The van der Waals surface area contributed by atoms with Gasteiger partial charge in [-0.25, -0.2) is 0 Å². The largest absolute Gasteiger partial charge is 0.312 e. The average Bonchev–Trinajstić information content (AvgIpc) is 2.61. The molecule has 1 amide bonds. The summed E-state index contributed by atoms with van der Waals surface area (Å²) in [5.41, 5.74) is 0.946. The molecule has 0 aliphatic carbocycles. The molecular formula is C12H13NOS. The zero-order valence-corrected chi connectivity index (χ0v) is 9.28. The lowest BCUT2D eigenvalue weighted by atomic mass is 10.1. The third-order valence-corrected chi connectivity index (χ3v) is 2.95. The molecule has 1 saturated heterocycles. The highest BCUT2D eigenvalue weighted by Crippen LogP contribution is 2.26. The smallest absolute Gasteiger partial charge is 0.227 e. The number of carbonyl (C=O) groups is 1. The van der Waals surface area contributed by atoms with Crippen molar-refractivity contribution in [3.8, 4) is 0 Å². The summed E-state index contributed by atoms with van der Waals surface area (Å²) in [6, 6.07) is 7.64. The summed E-state index contributed by atoms with van der Waals surface area (Å²) in [5.74, 6) is 0.458. The SMILES string of the molecule is C=CC1CC(=O)N(c2ccc(S)cc2)C1. The first-order chi connectivity index (χ1) is 7.20. The molecule has 0 N–H and O–H groups in total. The summed E-state index contributed by atoms with van der Waals surface area (Å²) in [7, 11) is 0. The minimum absolute atomic E-state index is 0.173. The molecule has 3 heteroatoms. The maximum atomic E-state index is 11.7. The van der Waals surface area contributed by atoms with Gasteiger partial charge in [0.2, 0.25) is 5.91 Å². The molecule has 1 fully saturated rings. The molecule has 0 bridgehead atoms. The van der Waals surface area contributed by atoms with Crippen LogP contribution in [0.2, 0.25) is 0 Å². The maximum Gasteiger partial charge on any atom is 0.227 e. The summed E-state index contributed by atoms with van der Waals surface area (Å²) < 4.78 is 0. The number of hydrogen-bond donors (Lipinski definition) is 1. The molecule has 15 heavy (non-hydrogen) atoms. The zero-order chi connectivity index (χ0) is 10.8. The predicted molar refractivity (Wildman–Crippen MR) is 64.4 cm³/mol. The summed E-state index contributed by atoms with van der Waals surface area (Å²) in [6.07, 6.45) is 2.43. The molecule has 1 aromatic rings. The van der Waals surface area contributed by atoms with E-state index in [1.165, 1.54) is 0 Å². The molecule has 1 unspecified atom stereocenters. The summed E-state index contributed by atoms with van der Waals surface area (Å²) >= 11 is 4.21. The van der Waals surface area contributed by atoms with Crippen molar-refractivity contribution in [1.82, 2.24) is 0 Å². The number of amides is 1. The fourth-order valence-electron chi connectivity index (χ4n) is 1.78. The fourth-order valence-corrected chi connectivity index (χ4v) is 1.92. The Morgan fingerprint density at radius 1 is 1.40 bits per heavy atom. The second-order valence-corrected chi connectivity index (χ2v) is 4.24. The van der Waals surface area contributed by atoms with Gasteiger partial charge in [0.25, 0.3) is 0 Å². The van der Waals surface area contributed by atoms with Crippen LogP contribution in [0.4, 0.5) is 5.69 Å². The lowest BCUT2D eigenvalue weighted by molar-refractivity contribution is -0.117. The van der Waals surface area contributed by atoms with E-state index in [4.69, 9.17) is 0 Å². The lowest BCUT2D eigenvalue weighted by Crippen LogP contribution is -2.24. The first kappa shape index (κ1) is 10.3. The van der Waals surface area contributed by atoms with E-state index in [1.54, 1.807) is 4.90 Å². The first-order valence-corrected chi connectivity index (χ1v) is 5.37. The van der Waals surface area contributed by atoms with E-state index >= 15 is 0 Å². The van der Waals surface area contributed by atoms with Gasteiger partial charge in [-0.2, -0.15) is 0 Å². The lowest BCUT2D eigenvalue weighted by Gasteiger charge is -2.16. The van der Waals surface area contributed by atoms with Gasteiger partial charge in [-0.15, -0.1) is 19.2 Å². The second-order valence-electron chi connectivity index (χ2n) is 3.72. The third-order valence-electron chi connectivity index (χ3n) is 2.65. The Hall–Kier alpha value is -1.22. The minimum atomic E-state index is 0.173. The van der Waals surface area contributed by atoms with Crippen molar-refractivity contribution in [2.24, 2.45) is 5.92 Å². The molecular weight excluding hydrogens is 206 g/mol. The predicted octanol–water partition coefficient (Wildman–Crippen LogP) is 2.51. The van der Waals surface area contributed by atoms with Crippen molar-refractivity contribution in [1.29, 1.82) is 0 Å². The molecule has 2 rings (SSSR count). The number of rotatable bonds is 2. The number of thiol groups is 1. The average molecular weight is 219 g/mol. The van der Waals surface area contributed by atoms with Gasteiger partial charge in [0.15, 0.2) is 0 Å². The van der Waals surface area contributed by atoms with Gasteiger partial charge in [0.1, 0.15) is 0 Å². The Kier molecular flexibility index (Phi) is 2.82. The Balaban J connectivity index is 2.21. The molecule has 0 aromatic heterocycles. The summed E-state index contributed by atoms with van der Waals surface area (Å²) in [6.45, 7) is 4.47. The molecule has 78 valence electrons. The van der Waals surface area contributed by atoms with Gasteiger partial charge in [0.05, 0.1) is 0 Å². The van der Waals surface area contributed by atoms with E-state index in [1.807, 2.05) is 30.3 Å². The third kappa shape index (κ3) is 2.07. The van der Waals surface area contributed by atoms with Crippen LogP contribution in [0, 0.1) is 5.92 Å².